The summed E-state index contributed by atoms with van der Waals surface area (Å²) < 4.78 is 24.0. The topological polar surface area (TPSA) is 46.6 Å². The van der Waals surface area contributed by atoms with Crippen molar-refractivity contribution in [2.75, 3.05) is 11.7 Å². The Morgan fingerprint density at radius 2 is 1.89 bits per heavy atom. The molecule has 5 nitrogen and oxygen atoms in total. The highest BCUT2D eigenvalue weighted by Crippen LogP contribution is 2.36. The van der Waals surface area contributed by atoms with Gasteiger partial charge in [-0.15, -0.1) is 0 Å². The molecule has 0 fully saturated rings. The molecule has 7 heteroatoms. The summed E-state index contributed by atoms with van der Waals surface area (Å²) in [5, 5.41) is 3.80. The summed E-state index contributed by atoms with van der Waals surface area (Å²) >= 11 is 5.66. The lowest BCUT2D eigenvalue weighted by molar-refractivity contribution is 0.174. The highest BCUT2D eigenvalue weighted by Gasteiger charge is 2.19. The molecule has 0 unspecified atom stereocenters. The van der Waals surface area contributed by atoms with E-state index in [2.05, 4.69) is 10.3 Å². The number of ether oxygens (including phenoxy) is 2. The minimum atomic E-state index is -0.259. The molecule has 4 rings (SSSR count). The van der Waals surface area contributed by atoms with E-state index >= 15 is 0 Å². The fourth-order valence-corrected chi connectivity index (χ4v) is 3.13. The van der Waals surface area contributed by atoms with Gasteiger partial charge in [-0.05, 0) is 53.7 Å². The van der Waals surface area contributed by atoms with Gasteiger partial charge in [0.2, 0.25) is 6.79 Å². The van der Waals surface area contributed by atoms with Crippen LogP contribution in [0.4, 0.5) is 10.1 Å². The molecule has 28 heavy (non-hydrogen) atoms. The predicted octanol–water partition coefficient (Wildman–Crippen LogP) is 4.03. The van der Waals surface area contributed by atoms with Gasteiger partial charge in [-0.25, -0.2) is 4.39 Å². The third-order valence-corrected chi connectivity index (χ3v) is 4.70. The van der Waals surface area contributed by atoms with Gasteiger partial charge in [0.05, 0.1) is 6.54 Å². The summed E-state index contributed by atoms with van der Waals surface area (Å²) in [4.78, 5) is 6.15. The molecular weight excluding hydrogens is 377 g/mol. The molecule has 1 N–H and O–H groups in total. The number of nitrogens with one attached hydrogen (secondary N) is 1. The van der Waals surface area contributed by atoms with Crippen LogP contribution < -0.4 is 19.7 Å². The molecule has 142 valence electrons. The van der Waals surface area contributed by atoms with Crippen LogP contribution in [0.1, 0.15) is 11.1 Å². The van der Waals surface area contributed by atoms with Gasteiger partial charge in [0, 0.05) is 30.7 Å². The van der Waals surface area contributed by atoms with E-state index in [1.807, 2.05) is 41.4 Å². The van der Waals surface area contributed by atoms with Gasteiger partial charge in [-0.1, -0.05) is 18.2 Å². The third-order valence-electron chi connectivity index (χ3n) is 4.33. The number of thiocarbonyl (C=S) groups is 1. The third kappa shape index (κ3) is 4.20. The number of anilines is 1. The molecule has 0 saturated carbocycles. The normalized spacial score (nSPS) is 11.9. The minimum absolute atomic E-state index is 0.217. The molecule has 2 heterocycles. The van der Waals surface area contributed by atoms with Gasteiger partial charge in [-0.2, -0.15) is 0 Å². The summed E-state index contributed by atoms with van der Waals surface area (Å²) in [6, 6.07) is 15.9. The number of fused-ring (bicyclic) bond motifs is 1. The average molecular weight is 395 g/mol. The first kappa shape index (κ1) is 18.2. The quantitative estimate of drug-likeness (QED) is 0.658. The molecule has 0 saturated heterocycles. The zero-order valence-electron chi connectivity index (χ0n) is 15.0. The van der Waals surface area contributed by atoms with Crippen LogP contribution in [0.5, 0.6) is 11.5 Å². The number of hydrogen-bond donors (Lipinski definition) is 1. The number of nitrogens with zero attached hydrogens (tertiary/aromatic N) is 2. The Morgan fingerprint density at radius 1 is 1.07 bits per heavy atom. The molecule has 2 aromatic carbocycles. The fraction of sp³-hybridized carbons (Fsp3) is 0.143. The van der Waals surface area contributed by atoms with Crippen LogP contribution in [0.25, 0.3) is 0 Å². The molecule has 1 aliphatic heterocycles. The number of rotatable bonds is 5. The lowest BCUT2D eigenvalue weighted by Crippen LogP contribution is -2.39. The average Bonchev–Trinajstić information content (AvgIpc) is 3.20. The summed E-state index contributed by atoms with van der Waals surface area (Å²) in [5.41, 5.74) is 2.84. The van der Waals surface area contributed by atoms with Crippen molar-refractivity contribution < 1.29 is 13.9 Å². The highest BCUT2D eigenvalue weighted by molar-refractivity contribution is 7.80. The molecule has 0 atom stereocenters. The molecule has 3 aromatic rings. The molecule has 0 amide bonds. The zero-order chi connectivity index (χ0) is 19.3. The zero-order valence-corrected chi connectivity index (χ0v) is 15.8. The van der Waals surface area contributed by atoms with Crippen molar-refractivity contribution in [2.45, 2.75) is 13.1 Å². The van der Waals surface area contributed by atoms with Gasteiger partial charge in [0.1, 0.15) is 5.82 Å². The van der Waals surface area contributed by atoms with Crippen LogP contribution in [-0.2, 0) is 13.1 Å². The van der Waals surface area contributed by atoms with Crippen LogP contribution >= 0.6 is 12.2 Å². The van der Waals surface area contributed by atoms with E-state index < -0.39 is 0 Å². The fourth-order valence-electron chi connectivity index (χ4n) is 2.88. The second-order valence-electron chi connectivity index (χ2n) is 6.27. The number of halogens is 1. The molecular formula is C21H18FN3O2S. The van der Waals surface area contributed by atoms with E-state index in [1.165, 1.54) is 12.1 Å². The molecule has 0 spiro atoms. The molecule has 1 aromatic heterocycles. The second kappa shape index (κ2) is 8.22. The first-order valence-electron chi connectivity index (χ1n) is 8.77. The molecule has 0 radical (unpaired) electrons. The monoisotopic (exact) mass is 395 g/mol. The summed E-state index contributed by atoms with van der Waals surface area (Å²) in [5.74, 6) is 1.15. The van der Waals surface area contributed by atoms with Crippen LogP contribution in [-0.4, -0.2) is 16.9 Å². The molecule has 0 bridgehead atoms. The standard InChI is InChI=1S/C21H18FN3O2S/c22-17-5-3-15(4-6-17)12-24-21(28)25(13-16-2-1-9-23-11-16)18-7-8-19-20(10-18)27-14-26-19/h1-11H,12-14H2,(H,24,28). The van der Waals surface area contributed by atoms with Gasteiger partial charge >= 0.3 is 0 Å². The van der Waals surface area contributed by atoms with E-state index in [0.717, 1.165) is 22.6 Å². The Labute approximate surface area is 167 Å². The van der Waals surface area contributed by atoms with Crippen molar-refractivity contribution in [2.24, 2.45) is 0 Å². The molecule has 1 aliphatic rings. The van der Waals surface area contributed by atoms with Crippen LogP contribution in [0.15, 0.2) is 67.0 Å². The van der Waals surface area contributed by atoms with Crippen molar-refractivity contribution >= 4 is 23.0 Å². The maximum absolute atomic E-state index is 13.1. The number of pyridine rings is 1. The SMILES string of the molecule is Fc1ccc(CNC(=S)N(Cc2cccnc2)c2ccc3c(c2)OCO3)cc1. The highest BCUT2D eigenvalue weighted by atomic mass is 32.1. The van der Waals surface area contributed by atoms with Crippen LogP contribution in [0, 0.1) is 5.82 Å². The summed E-state index contributed by atoms with van der Waals surface area (Å²) in [6.07, 6.45) is 3.54. The first-order chi connectivity index (χ1) is 13.7. The predicted molar refractivity (Wildman–Crippen MR) is 109 cm³/mol. The summed E-state index contributed by atoms with van der Waals surface area (Å²) in [7, 11) is 0. The van der Waals surface area contributed by atoms with Gasteiger partial charge in [0.15, 0.2) is 16.6 Å². The van der Waals surface area contributed by atoms with Gasteiger partial charge in [-0.3, -0.25) is 4.98 Å². The van der Waals surface area contributed by atoms with E-state index in [0.29, 0.717) is 24.0 Å². The Kier molecular flexibility index (Phi) is 5.34. The molecule has 0 aliphatic carbocycles. The van der Waals surface area contributed by atoms with Crippen molar-refractivity contribution in [3.63, 3.8) is 0 Å². The first-order valence-corrected chi connectivity index (χ1v) is 9.18. The maximum atomic E-state index is 13.1. The largest absolute Gasteiger partial charge is 0.454 e. The smallest absolute Gasteiger partial charge is 0.231 e. The van der Waals surface area contributed by atoms with Gasteiger partial charge in [0.25, 0.3) is 0 Å². The van der Waals surface area contributed by atoms with Crippen molar-refractivity contribution in [1.29, 1.82) is 0 Å². The Bertz CT molecular complexity index is 967. The van der Waals surface area contributed by atoms with Crippen molar-refractivity contribution in [3.8, 4) is 11.5 Å². The van der Waals surface area contributed by atoms with Crippen LogP contribution in [0.2, 0.25) is 0 Å². The Morgan fingerprint density at radius 3 is 2.68 bits per heavy atom. The van der Waals surface area contributed by atoms with Gasteiger partial charge < -0.3 is 19.7 Å². The number of hydrogen-bond acceptors (Lipinski definition) is 4. The van der Waals surface area contributed by atoms with Crippen LogP contribution in [0.3, 0.4) is 0 Å². The minimum Gasteiger partial charge on any atom is -0.454 e. The second-order valence-corrected chi connectivity index (χ2v) is 6.66. The van der Waals surface area contributed by atoms with E-state index in [-0.39, 0.29) is 12.6 Å². The van der Waals surface area contributed by atoms with E-state index in [9.17, 15) is 4.39 Å². The Hall–Kier alpha value is -3.19. The lowest BCUT2D eigenvalue weighted by Gasteiger charge is -2.26. The summed E-state index contributed by atoms with van der Waals surface area (Å²) in [6.45, 7) is 1.25. The number of benzene rings is 2. The van der Waals surface area contributed by atoms with E-state index in [1.54, 1.807) is 18.3 Å². The number of aromatic nitrogens is 1. The van der Waals surface area contributed by atoms with Crippen molar-refractivity contribution in [3.05, 3.63) is 83.9 Å². The lowest BCUT2D eigenvalue weighted by atomic mass is 10.2. The maximum Gasteiger partial charge on any atom is 0.231 e. The van der Waals surface area contributed by atoms with E-state index in [4.69, 9.17) is 21.7 Å². The van der Waals surface area contributed by atoms with Crippen molar-refractivity contribution in [1.82, 2.24) is 10.3 Å². The Balaban J connectivity index is 1.55.